The molecule has 0 aromatic rings. The van der Waals surface area contributed by atoms with Crippen molar-refractivity contribution in [2.75, 3.05) is 6.61 Å². The lowest BCUT2D eigenvalue weighted by Crippen LogP contribution is -2.70. The van der Waals surface area contributed by atoms with Gasteiger partial charge in [0.05, 0.1) is 30.0 Å². The van der Waals surface area contributed by atoms with Gasteiger partial charge in [-0.15, -0.1) is 0 Å². The lowest BCUT2D eigenvalue weighted by molar-refractivity contribution is -0.280. The van der Waals surface area contributed by atoms with Crippen LogP contribution < -0.4 is 0 Å². The Morgan fingerprint density at radius 2 is 1.65 bits per heavy atom. The molecular weight excluding hydrogens is 396 g/mol. The summed E-state index contributed by atoms with van der Waals surface area (Å²) in [6, 6.07) is 0. The van der Waals surface area contributed by atoms with Crippen LogP contribution in [0.5, 0.6) is 0 Å². The van der Waals surface area contributed by atoms with Crippen LogP contribution in [0.25, 0.3) is 0 Å². The van der Waals surface area contributed by atoms with E-state index in [1.54, 1.807) is 0 Å². The van der Waals surface area contributed by atoms with Crippen LogP contribution in [0.1, 0.15) is 65.7 Å². The Kier molecular flexibility index (Phi) is 6.15. The van der Waals surface area contributed by atoms with Gasteiger partial charge in [-0.25, -0.2) is 0 Å². The summed E-state index contributed by atoms with van der Waals surface area (Å²) in [6.07, 6.45) is 4.95. The molecule has 4 fully saturated rings. The first-order chi connectivity index (χ1) is 14.5. The number of hydrogen-bond acceptors (Lipinski definition) is 6. The molecule has 0 aliphatic heterocycles. The summed E-state index contributed by atoms with van der Waals surface area (Å²) in [5, 5.41) is 64.6. The van der Waals surface area contributed by atoms with Crippen LogP contribution in [-0.4, -0.2) is 67.3 Å². The fraction of sp³-hybridized carbons (Fsp3) is 0.920. The van der Waals surface area contributed by atoms with Crippen molar-refractivity contribution in [1.29, 1.82) is 0 Å². The summed E-state index contributed by atoms with van der Waals surface area (Å²) in [7, 11) is 0. The number of rotatable bonds is 4. The molecule has 6 nitrogen and oxygen atoms in total. The molecule has 0 aromatic heterocycles. The number of aliphatic hydroxyl groups excluding tert-OH is 5. The van der Waals surface area contributed by atoms with Crippen molar-refractivity contribution in [2.45, 2.75) is 95.7 Å². The minimum absolute atomic E-state index is 0.121. The van der Waals surface area contributed by atoms with Gasteiger partial charge < -0.3 is 30.6 Å². The molecule has 6 heteroatoms. The van der Waals surface area contributed by atoms with E-state index in [1.807, 2.05) is 6.08 Å². The second-order valence-corrected chi connectivity index (χ2v) is 11.7. The highest BCUT2D eigenvalue weighted by Crippen LogP contribution is 2.69. The van der Waals surface area contributed by atoms with Crippen LogP contribution >= 0.6 is 0 Å². The van der Waals surface area contributed by atoms with Crippen molar-refractivity contribution in [3.63, 3.8) is 0 Å². The Balaban J connectivity index is 1.68. The van der Waals surface area contributed by atoms with Crippen LogP contribution in [0.4, 0.5) is 0 Å². The van der Waals surface area contributed by atoms with Crippen molar-refractivity contribution in [2.24, 2.45) is 40.4 Å². The van der Waals surface area contributed by atoms with Gasteiger partial charge >= 0.3 is 0 Å². The second-order valence-electron chi connectivity index (χ2n) is 11.7. The smallest absolute Gasteiger partial charge is 0.0857 e. The van der Waals surface area contributed by atoms with E-state index in [0.717, 1.165) is 12.8 Å². The minimum atomic E-state index is -1.19. The number of hydrogen-bond donors (Lipinski definition) is 6. The van der Waals surface area contributed by atoms with E-state index in [9.17, 15) is 25.5 Å². The van der Waals surface area contributed by atoms with E-state index < -0.39 is 41.3 Å². The summed E-state index contributed by atoms with van der Waals surface area (Å²) in [6.45, 7) is 6.53. The second kappa shape index (κ2) is 8.07. The zero-order chi connectivity index (χ0) is 22.8. The zero-order valence-corrected chi connectivity index (χ0v) is 19.2. The standard InChI is InChI=1S/C25H42O6/c1-14(6-4-5-11-26)15-12-17(28)22-23(15,2)10-8-19-24(3)9-7-16(27)21(30)20(24)18(29)13-25(19,22)31/h4,6,14-22,26-31H,5,7-13H2,1-3H3/b6-4+/t14-,15-,16+,17-,18+,19-,20+,21+,22-,23-,24-,25+/m1/s1. The molecular formula is C25H42O6. The third-order valence-electron chi connectivity index (χ3n) is 10.2. The molecule has 0 spiro atoms. The largest absolute Gasteiger partial charge is 0.396 e. The Hall–Kier alpha value is -0.500. The lowest BCUT2D eigenvalue weighted by atomic mass is 9.41. The molecule has 4 saturated carbocycles. The molecule has 12 atom stereocenters. The van der Waals surface area contributed by atoms with Crippen molar-refractivity contribution in [3.05, 3.63) is 12.2 Å². The molecule has 4 aliphatic carbocycles. The van der Waals surface area contributed by atoms with Crippen molar-refractivity contribution < 1.29 is 30.6 Å². The van der Waals surface area contributed by atoms with Gasteiger partial charge in [0.15, 0.2) is 0 Å². The number of fused-ring (bicyclic) bond motifs is 5. The maximum atomic E-state index is 12.2. The fourth-order valence-corrected chi connectivity index (χ4v) is 8.97. The summed E-state index contributed by atoms with van der Waals surface area (Å²) < 4.78 is 0. The monoisotopic (exact) mass is 438 g/mol. The van der Waals surface area contributed by atoms with E-state index in [4.69, 9.17) is 5.11 Å². The van der Waals surface area contributed by atoms with Gasteiger partial charge in [-0.3, -0.25) is 0 Å². The maximum Gasteiger partial charge on any atom is 0.0857 e. The van der Waals surface area contributed by atoms with Gasteiger partial charge in [-0.05, 0) is 67.1 Å². The lowest BCUT2D eigenvalue weighted by Gasteiger charge is -2.66. The first kappa shape index (κ1) is 23.7. The molecule has 178 valence electrons. The highest BCUT2D eigenvalue weighted by atomic mass is 16.3. The molecule has 0 bridgehead atoms. The van der Waals surface area contributed by atoms with Gasteiger partial charge in [-0.1, -0.05) is 32.9 Å². The molecule has 0 saturated heterocycles. The Morgan fingerprint density at radius 1 is 0.968 bits per heavy atom. The van der Waals surface area contributed by atoms with Crippen molar-refractivity contribution >= 4 is 0 Å². The first-order valence-corrected chi connectivity index (χ1v) is 12.2. The maximum absolute atomic E-state index is 12.2. The van der Waals surface area contributed by atoms with Gasteiger partial charge in [0.1, 0.15) is 0 Å². The highest BCUT2D eigenvalue weighted by molar-refractivity contribution is 5.21. The van der Waals surface area contributed by atoms with Crippen molar-refractivity contribution in [1.82, 2.24) is 0 Å². The zero-order valence-electron chi connectivity index (χ0n) is 19.2. The predicted molar refractivity (Wildman–Crippen MR) is 117 cm³/mol. The van der Waals surface area contributed by atoms with Crippen LogP contribution in [0.15, 0.2) is 12.2 Å². The summed E-state index contributed by atoms with van der Waals surface area (Å²) in [5.74, 6) is -0.467. The molecule has 4 aliphatic rings. The van der Waals surface area contributed by atoms with Gasteiger partial charge in [0.25, 0.3) is 0 Å². The average molecular weight is 439 g/mol. The summed E-state index contributed by atoms with van der Waals surface area (Å²) in [4.78, 5) is 0. The molecule has 0 amide bonds. The first-order valence-electron chi connectivity index (χ1n) is 12.2. The van der Waals surface area contributed by atoms with Crippen LogP contribution in [0, 0.1) is 40.4 Å². The molecule has 0 unspecified atom stereocenters. The summed E-state index contributed by atoms with van der Waals surface area (Å²) >= 11 is 0. The van der Waals surface area contributed by atoms with Crippen molar-refractivity contribution in [3.8, 4) is 0 Å². The quantitative estimate of drug-likeness (QED) is 0.371. The molecule has 0 heterocycles. The van der Waals surface area contributed by atoms with E-state index >= 15 is 0 Å². The molecule has 6 N–H and O–H groups in total. The third kappa shape index (κ3) is 3.36. The average Bonchev–Trinajstić information content (AvgIpc) is 2.96. The fourth-order valence-electron chi connectivity index (χ4n) is 8.97. The normalized spacial score (nSPS) is 55.5. The topological polar surface area (TPSA) is 121 Å². The van der Waals surface area contributed by atoms with Gasteiger partial charge in [0.2, 0.25) is 0 Å². The van der Waals surface area contributed by atoms with E-state index in [2.05, 4.69) is 26.8 Å². The minimum Gasteiger partial charge on any atom is -0.396 e. The Morgan fingerprint density at radius 3 is 2.32 bits per heavy atom. The van der Waals surface area contributed by atoms with E-state index in [0.29, 0.717) is 25.7 Å². The van der Waals surface area contributed by atoms with Crippen LogP contribution in [0.3, 0.4) is 0 Å². The number of aliphatic hydroxyl groups is 6. The Bertz CT molecular complexity index is 697. The molecule has 4 rings (SSSR count). The SMILES string of the molecule is C[C@H](/C=C/CCO)[C@H]1C[C@@H](O)[C@@H]2[C@]1(C)CC[C@@H]1[C@@]3(C)CC[C@H](O)[C@H](O)[C@@H]3[C@@H](O)C[C@]12O. The number of allylic oxidation sites excluding steroid dienone is 1. The third-order valence-corrected chi connectivity index (χ3v) is 10.2. The van der Waals surface area contributed by atoms with Gasteiger partial charge in [0, 0.05) is 24.9 Å². The summed E-state index contributed by atoms with van der Waals surface area (Å²) in [5.41, 5.74) is -1.91. The van der Waals surface area contributed by atoms with E-state index in [1.165, 1.54) is 0 Å². The Labute approximate surface area is 186 Å². The molecule has 0 radical (unpaired) electrons. The van der Waals surface area contributed by atoms with Crippen LogP contribution in [0.2, 0.25) is 0 Å². The predicted octanol–water partition coefficient (Wildman–Crippen LogP) is 1.61. The van der Waals surface area contributed by atoms with E-state index in [-0.39, 0.29) is 42.1 Å². The van der Waals surface area contributed by atoms with Crippen LogP contribution in [-0.2, 0) is 0 Å². The molecule has 0 aromatic carbocycles. The van der Waals surface area contributed by atoms with Gasteiger partial charge in [-0.2, -0.15) is 0 Å². The highest BCUT2D eigenvalue weighted by Gasteiger charge is 2.71. The molecule has 31 heavy (non-hydrogen) atoms.